The first kappa shape index (κ1) is 14.8. The Morgan fingerprint density at radius 1 is 1.17 bits per heavy atom. The Balaban J connectivity index is 1.32. The summed E-state index contributed by atoms with van der Waals surface area (Å²) in [6.45, 7) is 0.622. The summed E-state index contributed by atoms with van der Waals surface area (Å²) in [4.78, 5) is 24.3. The number of carbonyl (C=O) groups excluding carboxylic acids is 1. The maximum Gasteiger partial charge on any atom is 0.251 e. The van der Waals surface area contributed by atoms with E-state index in [0.29, 0.717) is 12.1 Å². The van der Waals surface area contributed by atoms with Gasteiger partial charge < -0.3 is 10.3 Å². The number of aromatic nitrogens is 3. The molecule has 4 aromatic rings. The number of carbonyl (C=O) groups is 1. The molecule has 120 valence electrons. The van der Waals surface area contributed by atoms with Crippen molar-refractivity contribution < 1.29 is 4.79 Å². The molecule has 0 aliphatic carbocycles. The molecule has 5 nitrogen and oxygen atoms in total. The summed E-state index contributed by atoms with van der Waals surface area (Å²) >= 11 is 1.54. The SMILES string of the molecule is O=C(NCCCc1nc2ccccc2[nH]1)c1ccc2ncsc2c1. The van der Waals surface area contributed by atoms with Crippen LogP contribution >= 0.6 is 11.3 Å². The van der Waals surface area contributed by atoms with Crippen molar-refractivity contribution in [2.45, 2.75) is 12.8 Å². The molecule has 1 amide bonds. The summed E-state index contributed by atoms with van der Waals surface area (Å²) < 4.78 is 1.03. The Morgan fingerprint density at radius 3 is 3.00 bits per heavy atom. The molecule has 2 heterocycles. The second-order valence-corrected chi connectivity index (χ2v) is 6.48. The van der Waals surface area contributed by atoms with E-state index in [9.17, 15) is 4.79 Å². The highest BCUT2D eigenvalue weighted by Gasteiger charge is 2.07. The van der Waals surface area contributed by atoms with E-state index < -0.39 is 0 Å². The van der Waals surface area contributed by atoms with E-state index in [1.807, 2.05) is 42.5 Å². The number of aryl methyl sites for hydroxylation is 1. The van der Waals surface area contributed by atoms with Gasteiger partial charge in [0, 0.05) is 18.5 Å². The number of nitrogens with one attached hydrogen (secondary N) is 2. The molecular weight excluding hydrogens is 320 g/mol. The van der Waals surface area contributed by atoms with Crippen molar-refractivity contribution in [1.29, 1.82) is 0 Å². The van der Waals surface area contributed by atoms with E-state index in [1.165, 1.54) is 0 Å². The van der Waals surface area contributed by atoms with Crippen molar-refractivity contribution in [1.82, 2.24) is 20.3 Å². The Kier molecular flexibility index (Phi) is 3.96. The maximum absolute atomic E-state index is 12.2. The lowest BCUT2D eigenvalue weighted by Gasteiger charge is -2.04. The smallest absolute Gasteiger partial charge is 0.251 e. The normalized spacial score (nSPS) is 11.2. The number of nitrogens with zero attached hydrogens (tertiary/aromatic N) is 2. The van der Waals surface area contributed by atoms with Gasteiger partial charge in [0.15, 0.2) is 0 Å². The van der Waals surface area contributed by atoms with Crippen molar-refractivity contribution in [3.8, 4) is 0 Å². The minimum absolute atomic E-state index is 0.0464. The zero-order valence-electron chi connectivity index (χ0n) is 13.0. The Labute approximate surface area is 142 Å². The predicted octanol–water partition coefficient (Wildman–Crippen LogP) is 3.54. The highest BCUT2D eigenvalue weighted by molar-refractivity contribution is 7.16. The molecular formula is C18H16N4OS. The standard InChI is InChI=1S/C18H16N4OS/c23-18(12-7-8-15-16(10-12)24-11-20-15)19-9-3-6-17-21-13-4-1-2-5-14(13)22-17/h1-2,4-5,7-8,10-11H,3,6,9H2,(H,19,23)(H,21,22). The third-order valence-electron chi connectivity index (χ3n) is 3.91. The number of hydrogen-bond acceptors (Lipinski definition) is 4. The summed E-state index contributed by atoms with van der Waals surface area (Å²) in [6, 6.07) is 13.6. The van der Waals surface area contributed by atoms with E-state index in [1.54, 1.807) is 16.8 Å². The minimum atomic E-state index is -0.0464. The molecule has 0 aliphatic heterocycles. The van der Waals surface area contributed by atoms with Crippen LogP contribution in [0.2, 0.25) is 0 Å². The molecule has 0 saturated carbocycles. The zero-order valence-corrected chi connectivity index (χ0v) is 13.8. The van der Waals surface area contributed by atoms with Gasteiger partial charge in [-0.3, -0.25) is 4.79 Å². The van der Waals surface area contributed by atoms with Gasteiger partial charge in [-0.15, -0.1) is 11.3 Å². The maximum atomic E-state index is 12.2. The molecule has 0 unspecified atom stereocenters. The van der Waals surface area contributed by atoms with Crippen LogP contribution in [0.3, 0.4) is 0 Å². The van der Waals surface area contributed by atoms with Gasteiger partial charge in [0.2, 0.25) is 0 Å². The van der Waals surface area contributed by atoms with Crippen molar-refractivity contribution >= 4 is 38.5 Å². The van der Waals surface area contributed by atoms with E-state index in [-0.39, 0.29) is 5.91 Å². The molecule has 2 N–H and O–H groups in total. The first-order chi connectivity index (χ1) is 11.8. The van der Waals surface area contributed by atoms with Crippen LogP contribution in [0.15, 0.2) is 48.0 Å². The molecule has 6 heteroatoms. The number of thiazole rings is 1. The first-order valence-corrected chi connectivity index (χ1v) is 8.73. The Bertz CT molecular complexity index is 971. The molecule has 0 bridgehead atoms. The van der Waals surface area contributed by atoms with Crippen LogP contribution in [0.5, 0.6) is 0 Å². The summed E-state index contributed by atoms with van der Waals surface area (Å²) in [5.74, 6) is 0.909. The van der Waals surface area contributed by atoms with E-state index in [4.69, 9.17) is 0 Å². The van der Waals surface area contributed by atoms with Gasteiger partial charge in [0.05, 0.1) is 26.8 Å². The predicted molar refractivity (Wildman–Crippen MR) is 96.4 cm³/mol. The quantitative estimate of drug-likeness (QED) is 0.548. The molecule has 0 radical (unpaired) electrons. The van der Waals surface area contributed by atoms with E-state index in [2.05, 4.69) is 20.3 Å². The molecule has 0 spiro atoms. The van der Waals surface area contributed by atoms with Gasteiger partial charge in [-0.25, -0.2) is 9.97 Å². The van der Waals surface area contributed by atoms with Gasteiger partial charge in [-0.05, 0) is 36.8 Å². The fourth-order valence-electron chi connectivity index (χ4n) is 2.68. The van der Waals surface area contributed by atoms with Gasteiger partial charge in [-0.2, -0.15) is 0 Å². The van der Waals surface area contributed by atoms with Crippen LogP contribution in [0.1, 0.15) is 22.6 Å². The fraction of sp³-hybridized carbons (Fsp3) is 0.167. The lowest BCUT2D eigenvalue weighted by molar-refractivity contribution is 0.0953. The lowest BCUT2D eigenvalue weighted by atomic mass is 10.2. The molecule has 2 aromatic carbocycles. The molecule has 0 atom stereocenters. The monoisotopic (exact) mass is 336 g/mol. The molecule has 2 aromatic heterocycles. The molecule has 0 fully saturated rings. The number of fused-ring (bicyclic) bond motifs is 2. The highest BCUT2D eigenvalue weighted by atomic mass is 32.1. The first-order valence-electron chi connectivity index (χ1n) is 7.85. The number of imidazole rings is 1. The van der Waals surface area contributed by atoms with Crippen molar-refractivity contribution in [3.63, 3.8) is 0 Å². The lowest BCUT2D eigenvalue weighted by Crippen LogP contribution is -2.24. The van der Waals surface area contributed by atoms with Crippen LogP contribution < -0.4 is 5.32 Å². The van der Waals surface area contributed by atoms with Crippen molar-refractivity contribution in [2.75, 3.05) is 6.54 Å². The zero-order chi connectivity index (χ0) is 16.4. The summed E-state index contributed by atoms with van der Waals surface area (Å²) in [7, 11) is 0. The van der Waals surface area contributed by atoms with Crippen LogP contribution in [-0.2, 0) is 6.42 Å². The Hall–Kier alpha value is -2.73. The second-order valence-electron chi connectivity index (χ2n) is 5.59. The molecule has 4 rings (SSSR count). The van der Waals surface area contributed by atoms with Gasteiger partial charge in [0.25, 0.3) is 5.91 Å². The second kappa shape index (κ2) is 6.41. The topological polar surface area (TPSA) is 70.7 Å². The fourth-order valence-corrected chi connectivity index (χ4v) is 3.40. The number of amides is 1. The number of H-pyrrole nitrogens is 1. The van der Waals surface area contributed by atoms with Crippen LogP contribution in [-0.4, -0.2) is 27.4 Å². The van der Waals surface area contributed by atoms with Gasteiger partial charge >= 0.3 is 0 Å². The van der Waals surface area contributed by atoms with E-state index in [0.717, 1.165) is 39.9 Å². The highest BCUT2D eigenvalue weighted by Crippen LogP contribution is 2.19. The van der Waals surface area contributed by atoms with Gasteiger partial charge in [-0.1, -0.05) is 12.1 Å². The number of rotatable bonds is 5. The Morgan fingerprint density at radius 2 is 2.08 bits per heavy atom. The van der Waals surface area contributed by atoms with Gasteiger partial charge in [0.1, 0.15) is 5.82 Å². The molecule has 24 heavy (non-hydrogen) atoms. The molecule has 0 aliphatic rings. The number of hydrogen-bond donors (Lipinski definition) is 2. The van der Waals surface area contributed by atoms with Crippen molar-refractivity contribution in [2.24, 2.45) is 0 Å². The largest absolute Gasteiger partial charge is 0.352 e. The third-order valence-corrected chi connectivity index (χ3v) is 4.70. The minimum Gasteiger partial charge on any atom is -0.352 e. The number of benzene rings is 2. The van der Waals surface area contributed by atoms with Crippen molar-refractivity contribution in [3.05, 3.63) is 59.4 Å². The molecule has 0 saturated heterocycles. The van der Waals surface area contributed by atoms with Crippen LogP contribution in [0, 0.1) is 0 Å². The summed E-state index contributed by atoms with van der Waals surface area (Å²) in [5.41, 5.74) is 5.43. The average Bonchev–Trinajstić information content (AvgIpc) is 3.23. The van der Waals surface area contributed by atoms with Crippen LogP contribution in [0.25, 0.3) is 21.3 Å². The summed E-state index contributed by atoms with van der Waals surface area (Å²) in [5, 5.41) is 2.96. The van der Waals surface area contributed by atoms with Crippen LogP contribution in [0.4, 0.5) is 0 Å². The third kappa shape index (κ3) is 3.00. The average molecular weight is 336 g/mol. The number of aromatic amines is 1. The summed E-state index contributed by atoms with van der Waals surface area (Å²) in [6.07, 6.45) is 1.65. The number of para-hydroxylation sites is 2. The van der Waals surface area contributed by atoms with E-state index >= 15 is 0 Å².